The minimum Gasteiger partial charge on any atom is -0.545 e. The zero-order chi connectivity index (χ0) is 56.8. The molecule has 0 aromatic heterocycles. The van der Waals surface area contributed by atoms with Crippen molar-refractivity contribution in [1.82, 2.24) is 0 Å². The summed E-state index contributed by atoms with van der Waals surface area (Å²) in [5.74, 6) is -81.2. The monoisotopic (exact) mass is 1120 g/mol. The summed E-state index contributed by atoms with van der Waals surface area (Å²) in [5, 5.41) is 12.3. The third kappa shape index (κ3) is 10.3. The Morgan fingerprint density at radius 1 is 0.338 bits per heavy atom. The zero-order valence-electron chi connectivity index (χ0n) is 37.6. The van der Waals surface area contributed by atoms with Crippen molar-refractivity contribution in [2.45, 2.75) is 28.5 Å². The van der Waals surface area contributed by atoms with E-state index in [-0.39, 0.29) is 10.9 Å². The first-order valence-corrected chi connectivity index (χ1v) is 21.9. The highest BCUT2D eigenvalue weighted by Gasteiger charge is 2.39. The highest BCUT2D eigenvalue weighted by molar-refractivity contribution is 7.97. The van der Waals surface area contributed by atoms with Crippen LogP contribution in [0.2, 0.25) is 0 Å². The van der Waals surface area contributed by atoms with Crippen molar-refractivity contribution in [3.8, 4) is 45.6 Å². The molecule has 0 fully saturated rings. The molecule has 0 aliphatic heterocycles. The van der Waals surface area contributed by atoms with Gasteiger partial charge in [0.2, 0.25) is 116 Å². The van der Waals surface area contributed by atoms with Crippen LogP contribution in [0.1, 0.15) is 21.5 Å². The van der Waals surface area contributed by atoms with Crippen molar-refractivity contribution < 1.29 is 112 Å². The number of carboxylic acids is 1. The molecule has 0 radical (unpaired) electrons. The van der Waals surface area contributed by atoms with E-state index in [1.807, 2.05) is 0 Å². The van der Waals surface area contributed by atoms with E-state index in [4.69, 9.17) is 0 Å². The van der Waals surface area contributed by atoms with Crippen LogP contribution in [0.3, 0.4) is 0 Å². The molecule has 0 heterocycles. The molecular weight excluding hydrogens is 1100 g/mol. The average molecular weight is 1120 g/mol. The molecule has 0 bridgehead atoms. The third-order valence-corrected chi connectivity index (χ3v) is 12.7. The molecule has 0 amide bonds. The van der Waals surface area contributed by atoms with Crippen LogP contribution < -0.4 is 19.3 Å². The molecule has 8 aromatic rings. The van der Waals surface area contributed by atoms with Crippen LogP contribution in [0, 0.1) is 130 Å². The summed E-state index contributed by atoms with van der Waals surface area (Å²) in [6.07, 6.45) is 0. The molecule has 0 saturated heterocycles. The van der Waals surface area contributed by atoms with Gasteiger partial charge in [0, 0.05) is 11.1 Å². The van der Waals surface area contributed by atoms with Crippen LogP contribution in [0.5, 0.6) is 34.5 Å². The van der Waals surface area contributed by atoms with Crippen LogP contribution in [-0.2, 0) is 10.9 Å². The molecule has 0 N–H and O–H groups in total. The van der Waals surface area contributed by atoms with Crippen molar-refractivity contribution in [3.63, 3.8) is 0 Å². The van der Waals surface area contributed by atoms with Crippen molar-refractivity contribution in [1.29, 1.82) is 0 Å². The van der Waals surface area contributed by atoms with Crippen molar-refractivity contribution in [2.75, 3.05) is 0 Å². The number of halogens is 20. The number of hydrogen-bond acceptors (Lipinski definition) is 5. The summed E-state index contributed by atoms with van der Waals surface area (Å²) in [5.41, 5.74) is -5.09. The Morgan fingerprint density at radius 2 is 0.623 bits per heavy atom. The minimum absolute atomic E-state index is 0.0312. The lowest BCUT2D eigenvalue weighted by Gasteiger charge is -2.24. The highest BCUT2D eigenvalue weighted by Crippen LogP contribution is 2.55. The topological polar surface area (TPSA) is 67.8 Å². The molecule has 0 aliphatic rings. The predicted molar refractivity (Wildman–Crippen MR) is 226 cm³/mol. The fourth-order valence-corrected chi connectivity index (χ4v) is 8.83. The SMILES string of the molecule is Cc1ccc([S+](c2ccccc2)c2ccc(C)cc2)cc1.O=C([O-])c1cc(Oc2c(F)c(F)c(F)c(F)c2F)c(Oc2c(F)c(F)c(F)c(F)c2F)c(Oc2c(F)c(F)c(F)c(F)c2F)c1-c1c(F)c(F)c(F)c(F)c1F. The van der Waals surface area contributed by atoms with E-state index < -0.39 is 180 Å². The minimum atomic E-state index is -3.17. The number of ether oxygens (including phenoxy) is 3. The number of carboxylic acid groups (broad SMARTS) is 1. The number of carbonyl (C=O) groups is 1. The number of aromatic carboxylic acids is 1. The average Bonchev–Trinajstić information content (AvgIpc) is 3.42. The number of benzene rings is 8. The Bertz CT molecular complexity index is 3510. The fraction of sp³-hybridized carbons (Fsp3) is 0.0392. The molecule has 77 heavy (non-hydrogen) atoms. The molecule has 8 aromatic carbocycles. The maximum Gasteiger partial charge on any atom is 0.213 e. The van der Waals surface area contributed by atoms with Crippen molar-refractivity contribution in [3.05, 3.63) is 218 Å². The Balaban J connectivity index is 0.000000339. The van der Waals surface area contributed by atoms with Gasteiger partial charge in [0.05, 0.1) is 22.4 Å². The molecule has 5 nitrogen and oxygen atoms in total. The number of hydrogen-bond donors (Lipinski definition) is 0. The lowest BCUT2D eigenvalue weighted by atomic mass is 9.95. The molecule has 0 atom stereocenters. The second-order valence-corrected chi connectivity index (χ2v) is 17.5. The Morgan fingerprint density at radius 3 is 0.961 bits per heavy atom. The van der Waals surface area contributed by atoms with Gasteiger partial charge in [-0.3, -0.25) is 0 Å². The second-order valence-electron chi connectivity index (χ2n) is 15.4. The molecule has 0 aliphatic carbocycles. The van der Waals surface area contributed by atoms with Gasteiger partial charge in [-0.2, -0.15) is 26.3 Å². The number of carbonyl (C=O) groups excluding carboxylic acids is 1. The van der Waals surface area contributed by atoms with E-state index in [0.717, 1.165) is 0 Å². The maximum atomic E-state index is 15.2. The zero-order valence-corrected chi connectivity index (χ0v) is 38.4. The van der Waals surface area contributed by atoms with E-state index in [1.54, 1.807) is 0 Å². The summed E-state index contributed by atoms with van der Waals surface area (Å²) in [4.78, 5) is 16.4. The van der Waals surface area contributed by atoms with E-state index in [2.05, 4.69) is 107 Å². The Labute approximate surface area is 420 Å². The van der Waals surface area contributed by atoms with E-state index in [9.17, 15) is 88.9 Å². The molecular formula is C51H20F20O5S. The Hall–Kier alpha value is -8.42. The van der Waals surface area contributed by atoms with Gasteiger partial charge in [0.25, 0.3) is 0 Å². The summed E-state index contributed by atoms with van der Waals surface area (Å²) in [6.45, 7) is 4.27. The third-order valence-electron chi connectivity index (χ3n) is 10.5. The van der Waals surface area contributed by atoms with Gasteiger partial charge >= 0.3 is 0 Å². The van der Waals surface area contributed by atoms with Gasteiger partial charge in [-0.25, -0.2) is 61.5 Å². The van der Waals surface area contributed by atoms with E-state index in [1.165, 1.54) is 25.8 Å². The molecule has 400 valence electrons. The lowest BCUT2D eigenvalue weighted by Crippen LogP contribution is -2.24. The lowest BCUT2D eigenvalue weighted by molar-refractivity contribution is -0.255. The van der Waals surface area contributed by atoms with Gasteiger partial charge < -0.3 is 24.1 Å². The van der Waals surface area contributed by atoms with Crippen LogP contribution in [0.25, 0.3) is 11.1 Å². The quantitative estimate of drug-likeness (QED) is 0.0559. The molecule has 0 unspecified atom stereocenters. The van der Waals surface area contributed by atoms with E-state index in [0.29, 0.717) is 0 Å². The van der Waals surface area contributed by atoms with Gasteiger partial charge in [-0.15, -0.1) is 0 Å². The predicted octanol–water partition coefficient (Wildman–Crippen LogP) is 15.3. The summed E-state index contributed by atoms with van der Waals surface area (Å²) < 4.78 is 302. The summed E-state index contributed by atoms with van der Waals surface area (Å²) in [6, 6.07) is 27.9. The largest absolute Gasteiger partial charge is 0.545 e. The van der Waals surface area contributed by atoms with Gasteiger partial charge in [0.15, 0.2) is 49.5 Å². The molecule has 26 heteroatoms. The maximum absolute atomic E-state index is 15.2. The van der Waals surface area contributed by atoms with Gasteiger partial charge in [-0.05, 0) is 56.3 Å². The highest BCUT2D eigenvalue weighted by atomic mass is 32.2. The first-order chi connectivity index (χ1) is 36.2. The first kappa shape index (κ1) is 56.3. The number of rotatable bonds is 11. The van der Waals surface area contributed by atoms with Crippen molar-refractivity contribution >= 4 is 16.9 Å². The molecule has 0 spiro atoms. The van der Waals surface area contributed by atoms with Crippen LogP contribution in [0.4, 0.5) is 87.8 Å². The summed E-state index contributed by atoms with van der Waals surface area (Å²) in [7, 11) is -0.0312. The Kier molecular flexibility index (Phi) is 16.1. The van der Waals surface area contributed by atoms with Crippen LogP contribution in [0.15, 0.2) is 99.6 Å². The van der Waals surface area contributed by atoms with Crippen LogP contribution in [-0.4, -0.2) is 5.97 Å². The fourth-order valence-electron chi connectivity index (χ4n) is 6.77. The normalized spacial score (nSPS) is 11.2. The second kappa shape index (κ2) is 22.0. The van der Waals surface area contributed by atoms with Gasteiger partial charge in [0.1, 0.15) is 0 Å². The molecule has 0 saturated carbocycles. The smallest absolute Gasteiger partial charge is 0.213 e. The summed E-state index contributed by atoms with van der Waals surface area (Å²) >= 11 is 0. The number of aryl methyl sites for hydroxylation is 2. The standard InChI is InChI=1S/C31H2F20O5.C20H19S/c32-6-5(7(33)9(35)10(36)8(6)34)4-2(31(52)53)1-3(54-28-20(46)14(40)11(37)15(41)21(28)47)26(55-29-22(48)16(42)12(38)17(43)23(29)49)27(4)56-30-24(50)18(44)13(39)19(45)25(30)51;1-16-8-12-19(13-9-16)21(18-6-4-3-5-7-18)20-14-10-17(2)11-15-20/h1H,(H,52,53);3-15H,1-2H3/q;+1/p-1. The molecule has 8 rings (SSSR count). The van der Waals surface area contributed by atoms with Crippen LogP contribution >= 0.6 is 0 Å². The van der Waals surface area contributed by atoms with E-state index >= 15 is 8.78 Å². The van der Waals surface area contributed by atoms with Gasteiger partial charge in [-0.1, -0.05) is 53.6 Å². The first-order valence-electron chi connectivity index (χ1n) is 20.7. The van der Waals surface area contributed by atoms with Crippen molar-refractivity contribution in [2.24, 2.45) is 0 Å².